The van der Waals surface area contributed by atoms with Crippen LogP contribution < -0.4 is 4.74 Å². The minimum absolute atomic E-state index is 0.0120. The zero-order valence-corrected chi connectivity index (χ0v) is 16.5. The standard InChI is InChI=1S/C20H30N2O5/c1-5-20(19(25)26)13-16(18(24)21(2)11-6-12-23)17(22(20)3)14-7-9-15(27-4)10-8-14/h7-10,16-17,23H,5-6,11-13H2,1-4H3,(H,25,26)/t16?,17?,20-/m0/s1. The van der Waals surface area contributed by atoms with Crippen molar-refractivity contribution in [2.24, 2.45) is 5.92 Å². The van der Waals surface area contributed by atoms with E-state index in [4.69, 9.17) is 9.84 Å². The van der Waals surface area contributed by atoms with Crippen LogP contribution in [0.3, 0.4) is 0 Å². The highest BCUT2D eigenvalue weighted by molar-refractivity contribution is 5.85. The van der Waals surface area contributed by atoms with Gasteiger partial charge in [-0.25, -0.2) is 0 Å². The molecule has 1 aliphatic rings. The van der Waals surface area contributed by atoms with Crippen LogP contribution in [-0.2, 0) is 9.59 Å². The van der Waals surface area contributed by atoms with E-state index in [1.54, 1.807) is 26.1 Å². The lowest BCUT2D eigenvalue weighted by Crippen LogP contribution is -2.48. The Hall–Kier alpha value is -2.12. The lowest BCUT2D eigenvalue weighted by atomic mass is 9.86. The lowest BCUT2D eigenvalue weighted by Gasteiger charge is -2.34. The van der Waals surface area contributed by atoms with Gasteiger partial charge in [-0.15, -0.1) is 0 Å². The van der Waals surface area contributed by atoms with Crippen molar-refractivity contribution in [3.05, 3.63) is 29.8 Å². The number of aliphatic hydroxyl groups is 1. The average molecular weight is 378 g/mol. The molecule has 0 radical (unpaired) electrons. The van der Waals surface area contributed by atoms with Gasteiger partial charge in [0, 0.05) is 26.2 Å². The molecule has 0 saturated carbocycles. The summed E-state index contributed by atoms with van der Waals surface area (Å²) < 4.78 is 5.21. The molecule has 0 aromatic heterocycles. The van der Waals surface area contributed by atoms with Crippen molar-refractivity contribution < 1.29 is 24.5 Å². The van der Waals surface area contributed by atoms with E-state index in [-0.39, 0.29) is 25.0 Å². The normalized spacial score (nSPS) is 25.4. The summed E-state index contributed by atoms with van der Waals surface area (Å²) >= 11 is 0. The summed E-state index contributed by atoms with van der Waals surface area (Å²) in [5.41, 5.74) is -0.188. The number of methoxy groups -OCH3 is 1. The maximum absolute atomic E-state index is 13.1. The predicted molar refractivity (Wildman–Crippen MR) is 102 cm³/mol. The molecular weight excluding hydrogens is 348 g/mol. The molecule has 1 aliphatic heterocycles. The van der Waals surface area contributed by atoms with Crippen LogP contribution in [0.5, 0.6) is 5.75 Å². The van der Waals surface area contributed by atoms with Crippen LogP contribution in [0.25, 0.3) is 0 Å². The van der Waals surface area contributed by atoms with Gasteiger partial charge in [-0.3, -0.25) is 14.5 Å². The second kappa shape index (κ2) is 8.71. The summed E-state index contributed by atoms with van der Waals surface area (Å²) in [5.74, 6) is -0.752. The zero-order chi connectivity index (χ0) is 20.2. The van der Waals surface area contributed by atoms with Gasteiger partial charge in [0.1, 0.15) is 11.3 Å². The number of amides is 1. The summed E-state index contributed by atoms with van der Waals surface area (Å²) in [7, 11) is 5.08. The van der Waals surface area contributed by atoms with E-state index in [0.717, 1.165) is 5.56 Å². The number of hydrogen-bond donors (Lipinski definition) is 2. The van der Waals surface area contributed by atoms with Gasteiger partial charge in [0.15, 0.2) is 0 Å². The molecule has 7 nitrogen and oxygen atoms in total. The molecule has 0 aliphatic carbocycles. The van der Waals surface area contributed by atoms with Crippen LogP contribution in [0.2, 0.25) is 0 Å². The predicted octanol–water partition coefficient (Wildman–Crippen LogP) is 1.76. The van der Waals surface area contributed by atoms with Crippen molar-refractivity contribution in [3.63, 3.8) is 0 Å². The molecule has 1 amide bonds. The SMILES string of the molecule is CC[C@@]1(C(=O)O)CC(C(=O)N(C)CCCO)C(c2ccc(OC)cc2)N1C. The first-order valence-electron chi connectivity index (χ1n) is 9.28. The minimum atomic E-state index is -1.08. The second-order valence-corrected chi connectivity index (χ2v) is 7.17. The van der Waals surface area contributed by atoms with Crippen LogP contribution >= 0.6 is 0 Å². The van der Waals surface area contributed by atoms with Gasteiger partial charge < -0.3 is 19.8 Å². The van der Waals surface area contributed by atoms with Crippen molar-refractivity contribution in [3.8, 4) is 5.75 Å². The Kier molecular flexibility index (Phi) is 6.84. The number of hydrogen-bond acceptors (Lipinski definition) is 5. The Bertz CT molecular complexity index is 663. The maximum Gasteiger partial charge on any atom is 0.324 e. The molecule has 1 aromatic carbocycles. The summed E-state index contributed by atoms with van der Waals surface area (Å²) in [5, 5.41) is 19.0. The van der Waals surface area contributed by atoms with Crippen LogP contribution in [0.15, 0.2) is 24.3 Å². The molecule has 1 aromatic rings. The van der Waals surface area contributed by atoms with Gasteiger partial charge in [0.2, 0.25) is 5.91 Å². The van der Waals surface area contributed by atoms with E-state index in [9.17, 15) is 14.7 Å². The van der Waals surface area contributed by atoms with Crippen molar-refractivity contribution >= 4 is 11.9 Å². The van der Waals surface area contributed by atoms with E-state index >= 15 is 0 Å². The number of carbonyl (C=O) groups excluding carboxylic acids is 1. The van der Waals surface area contributed by atoms with Gasteiger partial charge in [0.25, 0.3) is 0 Å². The number of carboxylic acids is 1. The number of ether oxygens (including phenoxy) is 1. The number of nitrogens with zero attached hydrogens (tertiary/aromatic N) is 2. The number of benzene rings is 1. The first-order valence-corrected chi connectivity index (χ1v) is 9.28. The number of likely N-dealkylation sites (tertiary alicyclic amines) is 1. The summed E-state index contributed by atoms with van der Waals surface area (Å²) in [6, 6.07) is 7.10. The smallest absolute Gasteiger partial charge is 0.324 e. The third-order valence-corrected chi connectivity index (χ3v) is 5.82. The fraction of sp³-hybridized carbons (Fsp3) is 0.600. The first-order chi connectivity index (χ1) is 12.8. The Morgan fingerprint density at radius 2 is 1.96 bits per heavy atom. The van der Waals surface area contributed by atoms with Crippen LogP contribution in [0.1, 0.15) is 37.8 Å². The Labute approximate surface area is 160 Å². The molecule has 1 fully saturated rings. The molecule has 0 spiro atoms. The first kappa shape index (κ1) is 21.2. The quantitative estimate of drug-likeness (QED) is 0.716. The van der Waals surface area contributed by atoms with E-state index in [1.807, 2.05) is 36.1 Å². The molecule has 27 heavy (non-hydrogen) atoms. The van der Waals surface area contributed by atoms with E-state index in [0.29, 0.717) is 25.1 Å². The zero-order valence-electron chi connectivity index (χ0n) is 16.5. The summed E-state index contributed by atoms with van der Waals surface area (Å²) in [4.78, 5) is 28.7. The maximum atomic E-state index is 13.1. The summed E-state index contributed by atoms with van der Waals surface area (Å²) in [6.45, 7) is 2.30. The number of aliphatic carboxylic acids is 1. The number of aliphatic hydroxyl groups excluding tert-OH is 1. The third-order valence-electron chi connectivity index (χ3n) is 5.82. The Morgan fingerprint density at radius 1 is 1.33 bits per heavy atom. The van der Waals surface area contributed by atoms with Gasteiger partial charge in [0.05, 0.1) is 13.0 Å². The molecule has 1 saturated heterocycles. The minimum Gasteiger partial charge on any atom is -0.497 e. The highest BCUT2D eigenvalue weighted by Gasteiger charge is 2.56. The molecule has 2 rings (SSSR count). The van der Waals surface area contributed by atoms with Crippen molar-refractivity contribution in [1.29, 1.82) is 0 Å². The third kappa shape index (κ3) is 3.94. The monoisotopic (exact) mass is 378 g/mol. The second-order valence-electron chi connectivity index (χ2n) is 7.17. The average Bonchev–Trinajstić information content (AvgIpc) is 2.99. The Morgan fingerprint density at radius 3 is 2.44 bits per heavy atom. The number of carboxylic acid groups (broad SMARTS) is 1. The highest BCUT2D eigenvalue weighted by Crippen LogP contribution is 2.48. The van der Waals surface area contributed by atoms with Crippen molar-refractivity contribution in [1.82, 2.24) is 9.80 Å². The van der Waals surface area contributed by atoms with E-state index in [1.165, 1.54) is 0 Å². The van der Waals surface area contributed by atoms with Crippen LogP contribution in [-0.4, -0.2) is 71.8 Å². The van der Waals surface area contributed by atoms with Crippen molar-refractivity contribution in [2.45, 2.75) is 37.8 Å². The van der Waals surface area contributed by atoms with Gasteiger partial charge in [-0.1, -0.05) is 19.1 Å². The molecule has 2 unspecified atom stereocenters. The topological polar surface area (TPSA) is 90.3 Å². The number of rotatable bonds is 8. The molecule has 3 atom stereocenters. The van der Waals surface area contributed by atoms with E-state index in [2.05, 4.69) is 0 Å². The summed E-state index contributed by atoms with van der Waals surface area (Å²) in [6.07, 6.45) is 1.17. The van der Waals surface area contributed by atoms with Gasteiger partial charge in [-0.05, 0) is 44.0 Å². The fourth-order valence-electron chi connectivity index (χ4n) is 4.12. The van der Waals surface area contributed by atoms with Crippen LogP contribution in [0.4, 0.5) is 0 Å². The molecule has 150 valence electrons. The van der Waals surface area contributed by atoms with Gasteiger partial charge >= 0.3 is 5.97 Å². The largest absolute Gasteiger partial charge is 0.497 e. The van der Waals surface area contributed by atoms with E-state index < -0.39 is 17.4 Å². The molecule has 2 N–H and O–H groups in total. The number of carbonyl (C=O) groups is 2. The lowest BCUT2D eigenvalue weighted by molar-refractivity contribution is -0.150. The molecule has 7 heteroatoms. The number of likely N-dealkylation sites (N-methyl/N-ethyl adjacent to an activating group) is 1. The van der Waals surface area contributed by atoms with Crippen molar-refractivity contribution in [2.75, 3.05) is 34.4 Å². The molecule has 1 heterocycles. The molecule has 0 bridgehead atoms. The van der Waals surface area contributed by atoms with Crippen LogP contribution in [0, 0.1) is 5.92 Å². The molecular formula is C20H30N2O5. The van der Waals surface area contributed by atoms with Gasteiger partial charge in [-0.2, -0.15) is 0 Å². The highest BCUT2D eigenvalue weighted by atomic mass is 16.5. The fourth-order valence-corrected chi connectivity index (χ4v) is 4.12. The Balaban J connectivity index is 2.42.